The molecular formula is C4H12N4Na. The third-order valence-corrected chi connectivity index (χ3v) is 0. The Morgan fingerprint density at radius 3 is 0.444 bits per heavy atom. The fraction of sp³-hybridized carbons (Fsp3) is 0. The molecule has 0 aromatic heterocycles. The maximum atomic E-state index is 5.50. The minimum Gasteiger partial charge on any atom is -0.317 e. The van der Waals surface area contributed by atoms with E-state index in [4.69, 9.17) is 21.6 Å². The van der Waals surface area contributed by atoms with Crippen LogP contribution in [0.5, 0.6) is 0 Å². The van der Waals surface area contributed by atoms with E-state index in [0.29, 0.717) is 0 Å². The minimum absolute atomic E-state index is 0. The van der Waals surface area contributed by atoms with Crippen LogP contribution in [0.4, 0.5) is 0 Å². The second-order valence-electron chi connectivity index (χ2n) is 0. The van der Waals surface area contributed by atoms with Gasteiger partial charge in [-0.15, -0.1) is 0 Å². The van der Waals surface area contributed by atoms with Crippen LogP contribution in [0.2, 0.25) is 0 Å². The second kappa shape index (κ2) is 3350. The van der Waals surface area contributed by atoms with Crippen molar-refractivity contribution in [1.29, 1.82) is 21.6 Å². The van der Waals surface area contributed by atoms with Crippen molar-refractivity contribution in [1.82, 2.24) is 0 Å². The number of hydrogen-bond donors (Lipinski definition) is 4. The molecule has 0 aliphatic rings. The zero-order valence-electron chi connectivity index (χ0n) is 5.83. The Balaban J connectivity index is -0.00000000762. The molecule has 0 fully saturated rings. The van der Waals surface area contributed by atoms with Crippen molar-refractivity contribution < 1.29 is 0 Å². The smallest absolute Gasteiger partial charge is 0 e. The van der Waals surface area contributed by atoms with Gasteiger partial charge in [-0.3, -0.25) is 0 Å². The summed E-state index contributed by atoms with van der Waals surface area (Å²) in [6, 6.07) is 0. The molecule has 0 saturated carbocycles. The molecule has 0 spiro atoms. The molecule has 0 aliphatic heterocycles. The van der Waals surface area contributed by atoms with Gasteiger partial charge in [0.05, 0.1) is 0 Å². The maximum absolute atomic E-state index is 5.50. The summed E-state index contributed by atoms with van der Waals surface area (Å²) >= 11 is 0. The van der Waals surface area contributed by atoms with E-state index >= 15 is 0 Å². The van der Waals surface area contributed by atoms with Crippen molar-refractivity contribution in [3.8, 4) is 0 Å². The van der Waals surface area contributed by atoms with Crippen LogP contribution in [0.25, 0.3) is 0 Å². The fourth-order valence-corrected chi connectivity index (χ4v) is 0. The predicted octanol–water partition coefficient (Wildman–Crippen LogP) is 0.682. The summed E-state index contributed by atoms with van der Waals surface area (Å²) in [5.74, 6) is 0. The summed E-state index contributed by atoms with van der Waals surface area (Å²) in [6.07, 6.45) is 0. The molecule has 0 bridgehead atoms. The van der Waals surface area contributed by atoms with E-state index in [2.05, 4.69) is 26.9 Å². The standard InChI is InChI=1S/4CH3N.Na/c4*1-2;/h4*2H,1H2;. The summed E-state index contributed by atoms with van der Waals surface area (Å²) in [5.41, 5.74) is 0. The van der Waals surface area contributed by atoms with Gasteiger partial charge in [0.15, 0.2) is 0 Å². The zero-order chi connectivity index (χ0) is 8.00. The van der Waals surface area contributed by atoms with Crippen LogP contribution in [0, 0.1) is 21.6 Å². The molecule has 49 valence electrons. The Morgan fingerprint density at radius 1 is 0.444 bits per heavy atom. The van der Waals surface area contributed by atoms with Crippen LogP contribution in [0.15, 0.2) is 0 Å². The first-order chi connectivity index (χ1) is 4.00. The van der Waals surface area contributed by atoms with Gasteiger partial charge in [0.25, 0.3) is 0 Å². The monoisotopic (exact) mass is 139 g/mol. The quantitative estimate of drug-likeness (QED) is 0.280. The Morgan fingerprint density at radius 2 is 0.444 bits per heavy atom. The van der Waals surface area contributed by atoms with Crippen LogP contribution in [0.3, 0.4) is 0 Å². The molecular weight excluding hydrogens is 127 g/mol. The Bertz CT molecular complexity index is 20.5. The van der Waals surface area contributed by atoms with Crippen LogP contribution in [-0.2, 0) is 0 Å². The molecule has 0 saturated heterocycles. The summed E-state index contributed by atoms with van der Waals surface area (Å²) in [4.78, 5) is 0. The van der Waals surface area contributed by atoms with E-state index in [0.717, 1.165) is 0 Å². The van der Waals surface area contributed by atoms with Crippen molar-refractivity contribution >= 4 is 56.4 Å². The molecule has 0 aromatic carbocycles. The van der Waals surface area contributed by atoms with Gasteiger partial charge in [-0.05, 0) is 26.9 Å². The molecule has 0 rings (SSSR count). The van der Waals surface area contributed by atoms with Gasteiger partial charge in [-0.25, -0.2) is 0 Å². The second-order valence-corrected chi connectivity index (χ2v) is 0. The molecule has 4 nitrogen and oxygen atoms in total. The third-order valence-electron chi connectivity index (χ3n) is 0. The minimum atomic E-state index is 0. The first kappa shape index (κ1) is 37.8. The van der Waals surface area contributed by atoms with Gasteiger partial charge >= 0.3 is 0 Å². The van der Waals surface area contributed by atoms with Crippen molar-refractivity contribution in [2.24, 2.45) is 0 Å². The number of nitrogens with one attached hydrogen (secondary N) is 4. The van der Waals surface area contributed by atoms with E-state index in [-0.39, 0.29) is 29.6 Å². The maximum Gasteiger partial charge on any atom is 0 e. The summed E-state index contributed by atoms with van der Waals surface area (Å²) in [5, 5.41) is 22.0. The molecule has 0 atom stereocenters. The molecule has 0 heterocycles. The average Bonchev–Trinajstić information content (AvgIpc) is 2.03. The summed E-state index contributed by atoms with van der Waals surface area (Å²) < 4.78 is 0. The molecule has 9 heavy (non-hydrogen) atoms. The fourth-order valence-electron chi connectivity index (χ4n) is 0. The van der Waals surface area contributed by atoms with Gasteiger partial charge in [-0.1, -0.05) is 0 Å². The Hall–Kier alpha value is -0.320. The van der Waals surface area contributed by atoms with Gasteiger partial charge in [0.1, 0.15) is 0 Å². The molecule has 1 radical (unpaired) electrons. The van der Waals surface area contributed by atoms with E-state index < -0.39 is 0 Å². The van der Waals surface area contributed by atoms with Gasteiger partial charge in [-0.2, -0.15) is 0 Å². The summed E-state index contributed by atoms with van der Waals surface area (Å²) in [6.45, 7) is 10.0. The van der Waals surface area contributed by atoms with E-state index in [9.17, 15) is 0 Å². The number of rotatable bonds is 0. The van der Waals surface area contributed by atoms with Crippen molar-refractivity contribution in [3.05, 3.63) is 0 Å². The van der Waals surface area contributed by atoms with E-state index in [1.54, 1.807) is 0 Å². The number of hydrogen-bond acceptors (Lipinski definition) is 4. The van der Waals surface area contributed by atoms with Crippen molar-refractivity contribution in [2.75, 3.05) is 0 Å². The van der Waals surface area contributed by atoms with E-state index in [1.807, 2.05) is 0 Å². The predicted molar refractivity (Wildman–Crippen MR) is 45.1 cm³/mol. The van der Waals surface area contributed by atoms with Gasteiger partial charge in [0.2, 0.25) is 0 Å². The molecule has 0 amide bonds. The first-order valence-corrected chi connectivity index (χ1v) is 1.41. The zero-order valence-corrected chi connectivity index (χ0v) is 7.83. The molecule has 5 heteroatoms. The normalized spacial score (nSPS) is 1.78. The van der Waals surface area contributed by atoms with Crippen LogP contribution < -0.4 is 0 Å². The molecule has 0 unspecified atom stereocenters. The topological polar surface area (TPSA) is 95.4 Å². The molecule has 4 N–H and O–H groups in total. The van der Waals surface area contributed by atoms with Crippen molar-refractivity contribution in [2.45, 2.75) is 0 Å². The summed E-state index contributed by atoms with van der Waals surface area (Å²) in [7, 11) is 0. The third kappa shape index (κ3) is 2420. The van der Waals surface area contributed by atoms with E-state index in [1.165, 1.54) is 0 Å². The SMILES string of the molecule is C=N.C=N.C=N.C=N.[Na]. The van der Waals surface area contributed by atoms with Crippen molar-refractivity contribution in [3.63, 3.8) is 0 Å². The molecule has 0 aromatic rings. The first-order valence-electron chi connectivity index (χ1n) is 1.41. The van der Waals surface area contributed by atoms with Crippen LogP contribution >= 0.6 is 0 Å². The Labute approximate surface area is 78.0 Å². The van der Waals surface area contributed by atoms with Crippen LogP contribution in [0.1, 0.15) is 0 Å². The largest absolute Gasteiger partial charge is 0.317 e. The van der Waals surface area contributed by atoms with Gasteiger partial charge in [0, 0.05) is 29.6 Å². The van der Waals surface area contributed by atoms with Gasteiger partial charge < -0.3 is 21.6 Å². The Kier molecular flexibility index (Phi) is 14100. The molecule has 0 aliphatic carbocycles. The van der Waals surface area contributed by atoms with Crippen LogP contribution in [-0.4, -0.2) is 56.4 Å². The average molecular weight is 139 g/mol.